The van der Waals surface area contributed by atoms with E-state index in [2.05, 4.69) is 17.2 Å². The lowest BCUT2D eigenvalue weighted by atomic mass is 10.1. The smallest absolute Gasteiger partial charge is 0.203 e. The molecule has 5 nitrogen and oxygen atoms in total. The molecule has 2 rings (SSSR count). The molecule has 0 aliphatic heterocycles. The minimum atomic E-state index is 0.228. The van der Waals surface area contributed by atoms with Gasteiger partial charge >= 0.3 is 0 Å². The fourth-order valence-electron chi connectivity index (χ4n) is 1.97. The Labute approximate surface area is 128 Å². The van der Waals surface area contributed by atoms with E-state index in [9.17, 15) is 0 Å². The monoisotopic (exact) mass is 308 g/mol. The number of thiazole rings is 1. The van der Waals surface area contributed by atoms with Crippen molar-refractivity contribution in [2.45, 2.75) is 13.0 Å². The highest BCUT2D eigenvalue weighted by atomic mass is 32.1. The van der Waals surface area contributed by atoms with Crippen molar-refractivity contribution in [3.05, 3.63) is 22.5 Å². The van der Waals surface area contributed by atoms with Crippen LogP contribution in [-0.2, 0) is 0 Å². The Bertz CT molecular complexity index is 588. The number of ether oxygens (including phenoxy) is 3. The van der Waals surface area contributed by atoms with Crippen molar-refractivity contribution in [3.8, 4) is 28.5 Å². The van der Waals surface area contributed by atoms with E-state index in [1.807, 2.05) is 24.6 Å². The molecule has 0 saturated heterocycles. The predicted molar refractivity (Wildman–Crippen MR) is 84.7 cm³/mol. The lowest BCUT2D eigenvalue weighted by molar-refractivity contribution is 0.324. The van der Waals surface area contributed by atoms with Crippen LogP contribution in [0.15, 0.2) is 17.5 Å². The molecule has 0 radical (unpaired) electrons. The van der Waals surface area contributed by atoms with Crippen LogP contribution >= 0.6 is 11.3 Å². The Balaban J connectivity index is 2.46. The van der Waals surface area contributed by atoms with E-state index < -0.39 is 0 Å². The van der Waals surface area contributed by atoms with E-state index in [-0.39, 0.29) is 6.04 Å². The van der Waals surface area contributed by atoms with Crippen LogP contribution in [0.3, 0.4) is 0 Å². The van der Waals surface area contributed by atoms with E-state index in [1.54, 1.807) is 32.7 Å². The van der Waals surface area contributed by atoms with Crippen LogP contribution < -0.4 is 19.5 Å². The summed E-state index contributed by atoms with van der Waals surface area (Å²) in [5.74, 6) is 1.84. The van der Waals surface area contributed by atoms with Crippen LogP contribution in [0.4, 0.5) is 0 Å². The maximum absolute atomic E-state index is 5.37. The molecule has 1 heterocycles. The number of hydrogen-bond donors (Lipinski definition) is 1. The molecule has 0 amide bonds. The zero-order valence-electron chi connectivity index (χ0n) is 12.9. The first-order valence-electron chi connectivity index (χ1n) is 6.57. The van der Waals surface area contributed by atoms with Gasteiger partial charge in [0, 0.05) is 10.9 Å². The maximum Gasteiger partial charge on any atom is 0.203 e. The number of nitrogens with zero attached hydrogens (tertiary/aromatic N) is 1. The van der Waals surface area contributed by atoms with Crippen LogP contribution in [-0.4, -0.2) is 33.4 Å². The van der Waals surface area contributed by atoms with Crippen molar-refractivity contribution >= 4 is 11.3 Å². The van der Waals surface area contributed by atoms with Gasteiger partial charge in [-0.25, -0.2) is 4.98 Å². The third-order valence-corrected chi connectivity index (χ3v) is 4.31. The largest absolute Gasteiger partial charge is 0.493 e. The number of aromatic nitrogens is 1. The van der Waals surface area contributed by atoms with Gasteiger partial charge in [0.2, 0.25) is 5.75 Å². The van der Waals surface area contributed by atoms with E-state index in [0.29, 0.717) is 17.2 Å². The molecule has 0 aliphatic carbocycles. The van der Waals surface area contributed by atoms with Crippen LogP contribution in [0.25, 0.3) is 11.3 Å². The van der Waals surface area contributed by atoms with Crippen molar-refractivity contribution in [1.29, 1.82) is 0 Å². The number of methoxy groups -OCH3 is 3. The molecule has 0 spiro atoms. The van der Waals surface area contributed by atoms with Gasteiger partial charge in [0.25, 0.3) is 0 Å². The van der Waals surface area contributed by atoms with E-state index in [0.717, 1.165) is 16.3 Å². The first-order chi connectivity index (χ1) is 10.1. The van der Waals surface area contributed by atoms with Gasteiger partial charge in [-0.2, -0.15) is 0 Å². The van der Waals surface area contributed by atoms with Gasteiger partial charge in [-0.1, -0.05) is 0 Å². The standard InChI is InChI=1S/C15H20N2O3S/c1-9(16-2)15-17-11(8-21-15)10-6-12(18-3)14(20-5)13(7-10)19-4/h6-9,16H,1-5H3. The first kappa shape index (κ1) is 15.6. The molecule has 6 heteroatoms. The van der Waals surface area contributed by atoms with Crippen LogP contribution in [0, 0.1) is 0 Å². The fourth-order valence-corrected chi connectivity index (χ4v) is 2.87. The van der Waals surface area contributed by atoms with Crippen molar-refractivity contribution in [2.24, 2.45) is 0 Å². The molecule has 2 aromatic rings. The molecule has 1 unspecified atom stereocenters. The normalized spacial score (nSPS) is 12.0. The summed E-state index contributed by atoms with van der Waals surface area (Å²) in [4.78, 5) is 4.66. The highest BCUT2D eigenvalue weighted by Crippen LogP contribution is 2.41. The average molecular weight is 308 g/mol. The number of benzene rings is 1. The Kier molecular flexibility index (Phi) is 5.03. The van der Waals surface area contributed by atoms with Gasteiger partial charge in [-0.15, -0.1) is 11.3 Å². The highest BCUT2D eigenvalue weighted by Gasteiger charge is 2.16. The first-order valence-corrected chi connectivity index (χ1v) is 7.45. The van der Waals surface area contributed by atoms with Crippen molar-refractivity contribution in [2.75, 3.05) is 28.4 Å². The zero-order chi connectivity index (χ0) is 15.4. The highest BCUT2D eigenvalue weighted by molar-refractivity contribution is 7.10. The second kappa shape index (κ2) is 6.78. The van der Waals surface area contributed by atoms with Crippen LogP contribution in [0.1, 0.15) is 18.0 Å². The van der Waals surface area contributed by atoms with E-state index in [1.165, 1.54) is 0 Å². The summed E-state index contributed by atoms with van der Waals surface area (Å²) >= 11 is 1.63. The SMILES string of the molecule is CNC(C)c1nc(-c2cc(OC)c(OC)c(OC)c2)cs1. The maximum atomic E-state index is 5.37. The topological polar surface area (TPSA) is 52.6 Å². The third kappa shape index (κ3) is 3.11. The molecular formula is C15H20N2O3S. The van der Waals surface area contributed by atoms with Gasteiger partial charge < -0.3 is 19.5 Å². The molecule has 0 aliphatic rings. The number of nitrogens with one attached hydrogen (secondary N) is 1. The molecule has 0 saturated carbocycles. The second-order valence-electron chi connectivity index (χ2n) is 4.50. The molecule has 21 heavy (non-hydrogen) atoms. The second-order valence-corrected chi connectivity index (χ2v) is 5.39. The van der Waals surface area contributed by atoms with Crippen LogP contribution in [0.5, 0.6) is 17.2 Å². The van der Waals surface area contributed by atoms with Crippen LogP contribution in [0.2, 0.25) is 0 Å². The molecule has 1 atom stereocenters. The summed E-state index contributed by atoms with van der Waals surface area (Å²) in [6, 6.07) is 4.04. The fraction of sp³-hybridized carbons (Fsp3) is 0.400. The van der Waals surface area contributed by atoms with E-state index in [4.69, 9.17) is 14.2 Å². The molecule has 1 aromatic carbocycles. The van der Waals surface area contributed by atoms with Crippen molar-refractivity contribution in [1.82, 2.24) is 10.3 Å². The molecule has 114 valence electrons. The van der Waals surface area contributed by atoms with Gasteiger partial charge in [0.05, 0.1) is 33.1 Å². The lowest BCUT2D eigenvalue weighted by Crippen LogP contribution is -2.11. The quantitative estimate of drug-likeness (QED) is 0.888. The molecule has 1 aromatic heterocycles. The van der Waals surface area contributed by atoms with Crippen molar-refractivity contribution in [3.63, 3.8) is 0 Å². The average Bonchev–Trinajstić information content (AvgIpc) is 3.02. The Hall–Kier alpha value is -1.79. The third-order valence-electron chi connectivity index (χ3n) is 3.29. The van der Waals surface area contributed by atoms with Crippen molar-refractivity contribution < 1.29 is 14.2 Å². The summed E-state index contributed by atoms with van der Waals surface area (Å²) in [5.41, 5.74) is 1.84. The molecule has 1 N–H and O–H groups in total. The molecular weight excluding hydrogens is 288 g/mol. The lowest BCUT2D eigenvalue weighted by Gasteiger charge is -2.13. The van der Waals surface area contributed by atoms with Gasteiger partial charge in [-0.05, 0) is 26.1 Å². The Morgan fingerprint density at radius 1 is 1.10 bits per heavy atom. The molecule has 0 bridgehead atoms. The Morgan fingerprint density at radius 2 is 1.71 bits per heavy atom. The summed E-state index contributed by atoms with van der Waals surface area (Å²) in [6.07, 6.45) is 0. The minimum absolute atomic E-state index is 0.228. The summed E-state index contributed by atoms with van der Waals surface area (Å²) in [6.45, 7) is 2.08. The number of rotatable bonds is 6. The van der Waals surface area contributed by atoms with Gasteiger partial charge in [0.1, 0.15) is 5.01 Å². The summed E-state index contributed by atoms with van der Waals surface area (Å²) < 4.78 is 16.1. The van der Waals surface area contributed by atoms with E-state index >= 15 is 0 Å². The predicted octanol–water partition coefficient (Wildman–Crippen LogP) is 3.12. The van der Waals surface area contributed by atoms with Gasteiger partial charge in [-0.3, -0.25) is 0 Å². The summed E-state index contributed by atoms with van der Waals surface area (Å²) in [5, 5.41) is 6.26. The Morgan fingerprint density at radius 3 is 2.19 bits per heavy atom. The number of hydrogen-bond acceptors (Lipinski definition) is 6. The summed E-state index contributed by atoms with van der Waals surface area (Å²) in [7, 11) is 6.73. The molecule has 0 fully saturated rings. The zero-order valence-corrected chi connectivity index (χ0v) is 13.7. The minimum Gasteiger partial charge on any atom is -0.493 e. The van der Waals surface area contributed by atoms with Gasteiger partial charge in [0.15, 0.2) is 11.5 Å².